The van der Waals surface area contributed by atoms with Crippen LogP contribution in [-0.2, 0) is 4.74 Å². The van der Waals surface area contributed by atoms with Gasteiger partial charge >= 0.3 is 6.03 Å². The zero-order valence-electron chi connectivity index (χ0n) is 17.0. The van der Waals surface area contributed by atoms with Crippen molar-refractivity contribution < 1.29 is 9.53 Å². The molecule has 1 aromatic carbocycles. The molecule has 0 aromatic heterocycles. The molecular weight excluding hydrogens is 350 g/mol. The monoisotopic (exact) mass is 383 g/mol. The summed E-state index contributed by atoms with van der Waals surface area (Å²) in [6.45, 7) is 2.01. The number of anilines is 2. The number of carbonyl (C=O) groups excluding carboxylic acids is 1. The molecule has 5 fully saturated rings. The molecule has 0 radical (unpaired) electrons. The van der Waals surface area contributed by atoms with Gasteiger partial charge in [0.25, 0.3) is 0 Å². The number of urea groups is 1. The van der Waals surface area contributed by atoms with Gasteiger partial charge in [-0.25, -0.2) is 4.79 Å². The highest BCUT2D eigenvalue weighted by Gasteiger charge is 2.51. The van der Waals surface area contributed by atoms with E-state index in [-0.39, 0.29) is 11.6 Å². The molecule has 4 bridgehead atoms. The molecule has 5 aliphatic rings. The third-order valence-corrected chi connectivity index (χ3v) is 7.62. The molecule has 152 valence electrons. The molecule has 1 heterocycles. The van der Waals surface area contributed by atoms with E-state index in [4.69, 9.17) is 4.74 Å². The first-order valence-corrected chi connectivity index (χ1v) is 11.1. The number of benzene rings is 1. The number of ether oxygens (including phenoxy) is 1. The van der Waals surface area contributed by atoms with Crippen LogP contribution in [-0.4, -0.2) is 37.9 Å². The molecule has 1 unspecified atom stereocenters. The first-order chi connectivity index (χ1) is 13.6. The van der Waals surface area contributed by atoms with Gasteiger partial charge in [0.2, 0.25) is 0 Å². The van der Waals surface area contributed by atoms with E-state index in [0.29, 0.717) is 6.10 Å². The summed E-state index contributed by atoms with van der Waals surface area (Å²) in [5.41, 5.74) is 2.13. The minimum atomic E-state index is -0.0351. The molecule has 2 N–H and O–H groups in total. The number of hydrogen-bond acceptors (Lipinski definition) is 3. The van der Waals surface area contributed by atoms with Crippen LogP contribution in [0.2, 0.25) is 0 Å². The second kappa shape index (κ2) is 7.25. The Balaban J connectivity index is 1.19. The molecule has 1 aliphatic heterocycles. The number of piperidine rings is 1. The van der Waals surface area contributed by atoms with E-state index in [0.717, 1.165) is 49.4 Å². The zero-order chi connectivity index (χ0) is 19.1. The van der Waals surface area contributed by atoms with Crippen molar-refractivity contribution >= 4 is 17.4 Å². The zero-order valence-corrected chi connectivity index (χ0v) is 17.0. The van der Waals surface area contributed by atoms with Crippen molar-refractivity contribution in [1.82, 2.24) is 5.32 Å². The largest absolute Gasteiger partial charge is 0.380 e. The average Bonchev–Trinajstić information content (AvgIpc) is 2.67. The average molecular weight is 384 g/mol. The minimum absolute atomic E-state index is 0.0351. The Morgan fingerprint density at radius 1 is 1.07 bits per heavy atom. The molecule has 1 saturated heterocycles. The molecule has 28 heavy (non-hydrogen) atoms. The number of nitrogens with zero attached hydrogens (tertiary/aromatic N) is 1. The predicted octanol–water partition coefficient (Wildman–Crippen LogP) is 4.39. The lowest BCUT2D eigenvalue weighted by atomic mass is 9.53. The first-order valence-electron chi connectivity index (χ1n) is 11.1. The number of carbonyl (C=O) groups is 1. The second-order valence-corrected chi connectivity index (χ2v) is 9.77. The summed E-state index contributed by atoms with van der Waals surface area (Å²) in [6, 6.07) is 8.22. The van der Waals surface area contributed by atoms with Gasteiger partial charge in [0.15, 0.2) is 0 Å². The maximum Gasteiger partial charge on any atom is 0.319 e. The Kier molecular flexibility index (Phi) is 4.74. The lowest BCUT2D eigenvalue weighted by Gasteiger charge is -2.56. The number of rotatable bonds is 4. The molecule has 4 saturated carbocycles. The van der Waals surface area contributed by atoms with E-state index in [1.807, 2.05) is 12.1 Å². The fraction of sp³-hybridized carbons (Fsp3) is 0.696. The Bertz CT molecular complexity index is 682. The van der Waals surface area contributed by atoms with Crippen LogP contribution in [0, 0.1) is 17.8 Å². The minimum Gasteiger partial charge on any atom is -0.380 e. The van der Waals surface area contributed by atoms with E-state index >= 15 is 0 Å². The lowest BCUT2D eigenvalue weighted by Crippen LogP contribution is -2.60. The van der Waals surface area contributed by atoms with E-state index in [1.165, 1.54) is 44.2 Å². The maximum atomic E-state index is 12.7. The standard InChI is InChI=1S/C23H33N3O2/c1-28-21-3-2-8-26(15-21)20-6-4-19(5-7-20)24-22(27)25-23-12-16-9-17(13-23)11-18(10-16)14-23/h4-7,16-18,21H,2-3,8-15H2,1H3,(H2,24,25,27). The fourth-order valence-electron chi connectivity index (χ4n) is 6.79. The second-order valence-electron chi connectivity index (χ2n) is 9.77. The van der Waals surface area contributed by atoms with Crippen molar-refractivity contribution in [3.63, 3.8) is 0 Å². The maximum absolute atomic E-state index is 12.7. The Labute approximate surface area is 168 Å². The van der Waals surface area contributed by atoms with Crippen LogP contribution in [0.25, 0.3) is 0 Å². The normalized spacial score (nSPS) is 36.4. The van der Waals surface area contributed by atoms with Crippen LogP contribution in [0.3, 0.4) is 0 Å². The van der Waals surface area contributed by atoms with Crippen molar-refractivity contribution in [2.45, 2.75) is 63.0 Å². The third-order valence-electron chi connectivity index (χ3n) is 7.62. The Morgan fingerprint density at radius 2 is 1.71 bits per heavy atom. The van der Waals surface area contributed by atoms with Crippen molar-refractivity contribution in [2.75, 3.05) is 30.4 Å². The van der Waals surface area contributed by atoms with Crippen LogP contribution in [0.5, 0.6) is 0 Å². The number of hydrogen-bond donors (Lipinski definition) is 2. The lowest BCUT2D eigenvalue weighted by molar-refractivity contribution is -0.0127. The van der Waals surface area contributed by atoms with Gasteiger partial charge in [0, 0.05) is 37.1 Å². The van der Waals surface area contributed by atoms with Crippen LogP contribution in [0.1, 0.15) is 51.4 Å². The molecule has 0 spiro atoms. The van der Waals surface area contributed by atoms with Gasteiger partial charge < -0.3 is 20.3 Å². The van der Waals surface area contributed by atoms with E-state index in [2.05, 4.69) is 27.7 Å². The van der Waals surface area contributed by atoms with Gasteiger partial charge in [0.05, 0.1) is 6.10 Å². The smallest absolute Gasteiger partial charge is 0.319 e. The number of methoxy groups -OCH3 is 1. The molecule has 6 rings (SSSR count). The van der Waals surface area contributed by atoms with Gasteiger partial charge in [-0.15, -0.1) is 0 Å². The summed E-state index contributed by atoms with van der Waals surface area (Å²) in [5.74, 6) is 2.52. The van der Waals surface area contributed by atoms with Crippen molar-refractivity contribution in [3.8, 4) is 0 Å². The highest BCUT2D eigenvalue weighted by molar-refractivity contribution is 5.90. The van der Waals surface area contributed by atoms with Crippen LogP contribution < -0.4 is 15.5 Å². The van der Waals surface area contributed by atoms with Crippen LogP contribution in [0.4, 0.5) is 16.2 Å². The Morgan fingerprint density at radius 3 is 2.32 bits per heavy atom. The van der Waals surface area contributed by atoms with E-state index < -0.39 is 0 Å². The highest BCUT2D eigenvalue weighted by Crippen LogP contribution is 2.55. The van der Waals surface area contributed by atoms with Crippen molar-refractivity contribution in [3.05, 3.63) is 24.3 Å². The number of nitrogens with one attached hydrogen (secondary N) is 2. The highest BCUT2D eigenvalue weighted by atomic mass is 16.5. The summed E-state index contributed by atoms with van der Waals surface area (Å²) < 4.78 is 5.53. The summed E-state index contributed by atoms with van der Waals surface area (Å²) in [4.78, 5) is 15.1. The van der Waals surface area contributed by atoms with Crippen molar-refractivity contribution in [1.29, 1.82) is 0 Å². The molecule has 1 aromatic rings. The van der Waals surface area contributed by atoms with Gasteiger partial charge in [-0.05, 0) is 93.4 Å². The first kappa shape index (κ1) is 18.3. The third kappa shape index (κ3) is 3.61. The molecule has 1 atom stereocenters. The molecule has 5 heteroatoms. The van der Waals surface area contributed by atoms with Gasteiger partial charge in [-0.1, -0.05) is 0 Å². The molecule has 2 amide bonds. The summed E-state index contributed by atoms with van der Waals surface area (Å²) >= 11 is 0. The van der Waals surface area contributed by atoms with Crippen LogP contribution in [0.15, 0.2) is 24.3 Å². The molecular formula is C23H33N3O2. The summed E-state index contributed by atoms with van der Waals surface area (Å²) in [5, 5.41) is 6.46. The predicted molar refractivity (Wildman–Crippen MR) is 112 cm³/mol. The topological polar surface area (TPSA) is 53.6 Å². The summed E-state index contributed by atoms with van der Waals surface area (Å²) in [7, 11) is 1.80. The Hall–Kier alpha value is -1.75. The van der Waals surface area contributed by atoms with Crippen LogP contribution >= 0.6 is 0 Å². The van der Waals surface area contributed by atoms with E-state index in [9.17, 15) is 4.79 Å². The molecule has 5 nitrogen and oxygen atoms in total. The van der Waals surface area contributed by atoms with Gasteiger partial charge in [-0.2, -0.15) is 0 Å². The fourth-order valence-corrected chi connectivity index (χ4v) is 6.79. The quantitative estimate of drug-likeness (QED) is 0.811. The SMILES string of the molecule is COC1CCCN(c2ccc(NC(=O)NC34CC5CC(CC(C5)C3)C4)cc2)C1. The van der Waals surface area contributed by atoms with Gasteiger partial charge in [-0.3, -0.25) is 0 Å². The van der Waals surface area contributed by atoms with Crippen molar-refractivity contribution in [2.24, 2.45) is 17.8 Å². The van der Waals surface area contributed by atoms with E-state index in [1.54, 1.807) is 7.11 Å². The summed E-state index contributed by atoms with van der Waals surface area (Å²) in [6.07, 6.45) is 10.3. The molecule has 4 aliphatic carbocycles. The number of amides is 2. The van der Waals surface area contributed by atoms with Gasteiger partial charge in [0.1, 0.15) is 0 Å².